The lowest BCUT2D eigenvalue weighted by Crippen LogP contribution is -2.52. The molecule has 1 aromatic rings. The minimum Gasteiger partial charge on any atom is -0.325 e. The van der Waals surface area contributed by atoms with Gasteiger partial charge in [-0.05, 0) is 43.6 Å². The average molecular weight is 316 g/mol. The number of rotatable bonds is 4. The van der Waals surface area contributed by atoms with Crippen molar-refractivity contribution in [3.63, 3.8) is 0 Å². The Morgan fingerprint density at radius 3 is 2.28 bits per heavy atom. The molecule has 1 heterocycles. The Morgan fingerprint density at radius 2 is 1.89 bits per heavy atom. The van der Waals surface area contributed by atoms with E-state index in [2.05, 4.69) is 21.0 Å². The Bertz CT molecular complexity index is 455. The average Bonchev–Trinajstić information content (AvgIpc) is 2.57. The van der Waals surface area contributed by atoms with Crippen LogP contribution in [0.3, 0.4) is 0 Å². The normalized spacial score (nSPS) is 13.2. The van der Waals surface area contributed by atoms with Crippen molar-refractivity contribution in [1.82, 2.24) is 9.78 Å². The topological polar surface area (TPSA) is 60.9 Å². The van der Waals surface area contributed by atoms with Gasteiger partial charge in [-0.15, -0.1) is 0 Å². The maximum Gasteiger partial charge on any atom is 0.189 e. The van der Waals surface area contributed by atoms with Crippen LogP contribution in [0.15, 0.2) is 10.7 Å². The first-order valence-corrected chi connectivity index (χ1v) is 6.86. The van der Waals surface area contributed by atoms with Crippen molar-refractivity contribution in [3.05, 3.63) is 16.4 Å². The highest BCUT2D eigenvalue weighted by Crippen LogP contribution is 2.35. The molecule has 5 heteroatoms. The van der Waals surface area contributed by atoms with E-state index in [1.807, 2.05) is 41.5 Å². The third kappa shape index (κ3) is 2.52. The lowest BCUT2D eigenvalue weighted by Gasteiger charge is -2.37. The summed E-state index contributed by atoms with van der Waals surface area (Å²) in [6.45, 7) is 11.5. The van der Waals surface area contributed by atoms with Gasteiger partial charge >= 0.3 is 0 Å². The van der Waals surface area contributed by atoms with E-state index in [-0.39, 0.29) is 11.8 Å². The van der Waals surface area contributed by atoms with E-state index in [1.54, 1.807) is 10.9 Å². The molecular weight excluding hydrogens is 294 g/mol. The van der Waals surface area contributed by atoms with Crippen LogP contribution >= 0.6 is 15.9 Å². The van der Waals surface area contributed by atoms with Gasteiger partial charge in [0.05, 0.1) is 10.7 Å². The summed E-state index contributed by atoms with van der Waals surface area (Å²) in [6.07, 6.45) is 1.66. The van der Waals surface area contributed by atoms with Gasteiger partial charge in [-0.25, -0.2) is 0 Å². The molecule has 0 aromatic carbocycles. The smallest absolute Gasteiger partial charge is 0.189 e. The molecule has 102 valence electrons. The minimum atomic E-state index is -0.664. The molecule has 0 radical (unpaired) electrons. The van der Waals surface area contributed by atoms with Crippen LogP contribution in [0.2, 0.25) is 0 Å². The summed E-state index contributed by atoms with van der Waals surface area (Å²) >= 11 is 3.40. The van der Waals surface area contributed by atoms with Gasteiger partial charge in [0.15, 0.2) is 5.78 Å². The third-order valence-electron chi connectivity index (χ3n) is 3.63. The highest BCUT2D eigenvalue weighted by atomic mass is 79.9. The second-order valence-corrected chi connectivity index (χ2v) is 6.91. The number of carbonyl (C=O) groups is 1. The van der Waals surface area contributed by atoms with Crippen LogP contribution in [0.5, 0.6) is 0 Å². The van der Waals surface area contributed by atoms with Gasteiger partial charge in [0.25, 0.3) is 0 Å². The molecule has 0 unspecified atom stereocenters. The lowest BCUT2D eigenvalue weighted by atomic mass is 9.71. The number of hydrogen-bond acceptors (Lipinski definition) is 3. The molecule has 0 spiro atoms. The first-order valence-electron chi connectivity index (χ1n) is 6.07. The summed E-state index contributed by atoms with van der Waals surface area (Å²) in [4.78, 5) is 12.7. The zero-order chi connectivity index (χ0) is 14.3. The second kappa shape index (κ2) is 4.78. The number of carbonyl (C=O) groups excluding carboxylic acids is 1. The van der Waals surface area contributed by atoms with Crippen LogP contribution in [0.1, 0.15) is 58.1 Å². The highest BCUT2D eigenvalue weighted by molar-refractivity contribution is 9.10. The van der Waals surface area contributed by atoms with Crippen LogP contribution in [0.25, 0.3) is 0 Å². The van der Waals surface area contributed by atoms with Gasteiger partial charge < -0.3 is 5.73 Å². The second-order valence-electron chi connectivity index (χ2n) is 6.06. The van der Waals surface area contributed by atoms with E-state index in [1.165, 1.54) is 0 Å². The molecule has 0 atom stereocenters. The first kappa shape index (κ1) is 15.4. The monoisotopic (exact) mass is 315 g/mol. The van der Waals surface area contributed by atoms with E-state index in [9.17, 15) is 4.79 Å². The number of Topliss-reactive ketones (excluding diaryl/α,β-unsaturated/α-hetero) is 1. The number of aromatic nitrogens is 2. The molecular formula is C13H22BrN3O. The first-order chi connectivity index (χ1) is 8.00. The van der Waals surface area contributed by atoms with Crippen molar-refractivity contribution in [3.8, 4) is 0 Å². The summed E-state index contributed by atoms with van der Waals surface area (Å²) < 4.78 is 2.46. The van der Waals surface area contributed by atoms with Crippen molar-refractivity contribution in [1.29, 1.82) is 0 Å². The van der Waals surface area contributed by atoms with E-state index in [4.69, 9.17) is 5.73 Å². The van der Waals surface area contributed by atoms with Crippen molar-refractivity contribution in [2.75, 3.05) is 0 Å². The number of nitrogens with two attached hydrogens (primary N) is 1. The fourth-order valence-electron chi connectivity index (χ4n) is 1.53. The molecule has 0 saturated carbocycles. The van der Waals surface area contributed by atoms with Crippen LogP contribution in [0, 0.1) is 5.41 Å². The lowest BCUT2D eigenvalue weighted by molar-refractivity contribution is 0.0719. The summed E-state index contributed by atoms with van der Waals surface area (Å²) in [6, 6.07) is 0.131. The van der Waals surface area contributed by atoms with Crippen molar-refractivity contribution in [2.45, 2.75) is 53.1 Å². The Morgan fingerprint density at radius 1 is 1.39 bits per heavy atom. The fraction of sp³-hybridized carbons (Fsp3) is 0.692. The molecule has 0 aliphatic rings. The Labute approximate surface area is 117 Å². The van der Waals surface area contributed by atoms with Crippen LogP contribution in [0.4, 0.5) is 0 Å². The van der Waals surface area contributed by atoms with Gasteiger partial charge in [-0.1, -0.05) is 13.8 Å². The number of ketones is 1. The molecule has 0 fully saturated rings. The predicted molar refractivity (Wildman–Crippen MR) is 76.7 cm³/mol. The largest absolute Gasteiger partial charge is 0.325 e. The summed E-state index contributed by atoms with van der Waals surface area (Å²) in [7, 11) is 0. The van der Waals surface area contributed by atoms with Crippen molar-refractivity contribution >= 4 is 21.7 Å². The molecule has 0 aliphatic carbocycles. The van der Waals surface area contributed by atoms with Crippen LogP contribution in [-0.2, 0) is 0 Å². The molecule has 1 aromatic heterocycles. The van der Waals surface area contributed by atoms with E-state index < -0.39 is 11.0 Å². The van der Waals surface area contributed by atoms with E-state index in [0.717, 1.165) is 4.47 Å². The maximum absolute atomic E-state index is 12.7. The number of nitrogens with zero attached hydrogens (tertiary/aromatic N) is 2. The van der Waals surface area contributed by atoms with Gasteiger partial charge in [0.2, 0.25) is 0 Å². The standard InChI is InChI=1S/C13H22BrN3O/c1-8(2)17-10(9(14)7-16-17)11(18)12(3,4)13(5,6)15/h7-8H,15H2,1-6H3. The Hall–Kier alpha value is -0.680. The number of hydrogen-bond donors (Lipinski definition) is 1. The summed E-state index contributed by atoms with van der Waals surface area (Å²) in [5, 5.41) is 4.24. The van der Waals surface area contributed by atoms with Gasteiger partial charge in [0, 0.05) is 17.0 Å². The molecule has 0 bridgehead atoms. The van der Waals surface area contributed by atoms with Gasteiger partial charge in [-0.3, -0.25) is 9.48 Å². The maximum atomic E-state index is 12.7. The Balaban J connectivity index is 3.32. The Kier molecular flexibility index (Phi) is 4.08. The van der Waals surface area contributed by atoms with Crippen LogP contribution < -0.4 is 5.73 Å². The van der Waals surface area contributed by atoms with E-state index in [0.29, 0.717) is 5.69 Å². The van der Waals surface area contributed by atoms with E-state index >= 15 is 0 Å². The fourth-order valence-corrected chi connectivity index (χ4v) is 1.99. The van der Waals surface area contributed by atoms with Gasteiger partial charge in [-0.2, -0.15) is 5.10 Å². The minimum absolute atomic E-state index is 0.00748. The number of halogens is 1. The zero-order valence-corrected chi connectivity index (χ0v) is 13.5. The molecule has 4 nitrogen and oxygen atoms in total. The summed E-state index contributed by atoms with van der Waals surface area (Å²) in [5.41, 5.74) is 5.46. The quantitative estimate of drug-likeness (QED) is 0.868. The van der Waals surface area contributed by atoms with Crippen molar-refractivity contribution in [2.24, 2.45) is 11.1 Å². The highest BCUT2D eigenvalue weighted by Gasteiger charge is 2.42. The summed E-state index contributed by atoms with van der Waals surface area (Å²) in [5.74, 6) is 0.00748. The molecule has 0 saturated heterocycles. The zero-order valence-electron chi connectivity index (χ0n) is 11.9. The molecule has 0 aliphatic heterocycles. The third-order valence-corrected chi connectivity index (χ3v) is 4.21. The SMILES string of the molecule is CC(C)n1ncc(Br)c1C(=O)C(C)(C)C(C)(C)N. The molecule has 2 N–H and O–H groups in total. The van der Waals surface area contributed by atoms with Crippen molar-refractivity contribution < 1.29 is 4.79 Å². The predicted octanol–water partition coefficient (Wildman–Crippen LogP) is 3.17. The van der Waals surface area contributed by atoms with Gasteiger partial charge in [0.1, 0.15) is 5.69 Å². The van der Waals surface area contributed by atoms with Crippen LogP contribution in [-0.4, -0.2) is 21.1 Å². The molecule has 0 amide bonds. The molecule has 18 heavy (non-hydrogen) atoms. The molecule has 1 rings (SSSR count).